The van der Waals surface area contributed by atoms with Crippen LogP contribution in [0.25, 0.3) is 11.3 Å². The van der Waals surface area contributed by atoms with Crippen molar-refractivity contribution < 1.29 is 13.2 Å². The predicted octanol–water partition coefficient (Wildman–Crippen LogP) is 6.46. The fourth-order valence-corrected chi connectivity index (χ4v) is 6.38. The number of methoxy groups -OCH3 is 1. The minimum atomic E-state index is -3.78. The Morgan fingerprint density at radius 3 is 2.15 bits per heavy atom. The maximum atomic E-state index is 13.1. The molecule has 0 unspecified atom stereocenters. The fourth-order valence-electron chi connectivity index (χ4n) is 5.31. The van der Waals surface area contributed by atoms with Crippen LogP contribution in [0.2, 0.25) is 0 Å². The number of hydrogen-bond donors (Lipinski definition) is 1. The molecule has 1 N–H and O–H groups in total. The Bertz CT molecular complexity index is 1940. The number of hydrogen-bond acceptors (Lipinski definition) is 6. The summed E-state index contributed by atoms with van der Waals surface area (Å²) in [6.07, 6.45) is 2.37. The van der Waals surface area contributed by atoms with Crippen LogP contribution in [0.5, 0.6) is 5.88 Å². The SMILES string of the molecule is CCn1c(CCCc2ccc(-c3ccc(NS(=O)(=O)c4ccccc4)c(OC)n3)cc2)nn(Cc2ccc(C(C)(C)C)cc2)c1=O. The van der Waals surface area contributed by atoms with Crippen molar-refractivity contribution in [2.75, 3.05) is 11.8 Å². The molecule has 0 spiro atoms. The highest BCUT2D eigenvalue weighted by atomic mass is 32.2. The zero-order valence-electron chi connectivity index (χ0n) is 27.0. The molecule has 5 rings (SSSR count). The van der Waals surface area contributed by atoms with E-state index in [0.29, 0.717) is 25.2 Å². The Hall–Kier alpha value is -4.70. The lowest BCUT2D eigenvalue weighted by Gasteiger charge is -2.19. The maximum Gasteiger partial charge on any atom is 0.346 e. The van der Waals surface area contributed by atoms with Crippen LogP contribution in [0.1, 0.15) is 56.6 Å². The Balaban J connectivity index is 1.21. The number of nitrogens with zero attached hydrogens (tertiary/aromatic N) is 4. The molecule has 0 fully saturated rings. The van der Waals surface area contributed by atoms with Crippen LogP contribution < -0.4 is 15.1 Å². The van der Waals surface area contributed by atoms with E-state index in [9.17, 15) is 13.2 Å². The lowest BCUT2D eigenvalue weighted by atomic mass is 9.87. The van der Waals surface area contributed by atoms with E-state index in [2.05, 4.69) is 66.9 Å². The van der Waals surface area contributed by atoms with E-state index in [0.717, 1.165) is 35.4 Å². The van der Waals surface area contributed by atoms with Crippen molar-refractivity contribution in [2.45, 2.75) is 70.4 Å². The molecule has 10 heteroatoms. The van der Waals surface area contributed by atoms with Crippen molar-refractivity contribution in [3.63, 3.8) is 0 Å². The molecule has 0 aliphatic rings. The highest BCUT2D eigenvalue weighted by Crippen LogP contribution is 2.29. The van der Waals surface area contributed by atoms with Crippen LogP contribution in [0.4, 0.5) is 5.69 Å². The number of sulfonamides is 1. The second-order valence-corrected chi connectivity index (χ2v) is 14.0. The topological polar surface area (TPSA) is 108 Å². The molecule has 0 saturated carbocycles. The van der Waals surface area contributed by atoms with Crippen molar-refractivity contribution in [3.05, 3.63) is 124 Å². The smallest absolute Gasteiger partial charge is 0.346 e. The molecule has 0 atom stereocenters. The molecule has 9 nitrogen and oxygen atoms in total. The summed E-state index contributed by atoms with van der Waals surface area (Å²) in [6, 6.07) is 28.1. The van der Waals surface area contributed by atoms with Gasteiger partial charge in [0.15, 0.2) is 0 Å². The zero-order valence-corrected chi connectivity index (χ0v) is 27.8. The molecule has 5 aromatic rings. The van der Waals surface area contributed by atoms with Crippen LogP contribution >= 0.6 is 0 Å². The van der Waals surface area contributed by atoms with Crippen LogP contribution in [0, 0.1) is 0 Å². The first-order chi connectivity index (χ1) is 22.0. The van der Waals surface area contributed by atoms with Gasteiger partial charge in [-0.25, -0.2) is 22.9 Å². The summed E-state index contributed by atoms with van der Waals surface area (Å²) in [5.74, 6) is 0.985. The Labute approximate surface area is 271 Å². The van der Waals surface area contributed by atoms with Gasteiger partial charge in [-0.15, -0.1) is 0 Å². The van der Waals surface area contributed by atoms with E-state index >= 15 is 0 Å². The molecule has 46 heavy (non-hydrogen) atoms. The van der Waals surface area contributed by atoms with Gasteiger partial charge in [-0.2, -0.15) is 5.10 Å². The highest BCUT2D eigenvalue weighted by molar-refractivity contribution is 7.92. The first-order valence-corrected chi connectivity index (χ1v) is 16.9. The number of benzene rings is 3. The maximum absolute atomic E-state index is 13.1. The minimum absolute atomic E-state index is 0.0798. The number of aryl methyl sites for hydroxylation is 2. The number of ether oxygens (including phenoxy) is 1. The molecule has 3 aromatic carbocycles. The van der Waals surface area contributed by atoms with Gasteiger partial charge < -0.3 is 4.74 Å². The van der Waals surface area contributed by atoms with E-state index in [1.54, 1.807) is 39.6 Å². The van der Waals surface area contributed by atoms with Crippen LogP contribution in [-0.4, -0.2) is 34.9 Å². The van der Waals surface area contributed by atoms with Gasteiger partial charge in [0.2, 0.25) is 5.88 Å². The van der Waals surface area contributed by atoms with E-state index in [1.165, 1.54) is 24.8 Å². The molecule has 0 aliphatic carbocycles. The van der Waals surface area contributed by atoms with Crippen LogP contribution in [0.3, 0.4) is 0 Å². The molecular formula is C36H41N5O4S. The summed E-state index contributed by atoms with van der Waals surface area (Å²) in [6.45, 7) is 9.56. The lowest BCUT2D eigenvalue weighted by molar-refractivity contribution is 0.400. The monoisotopic (exact) mass is 639 g/mol. The first-order valence-electron chi connectivity index (χ1n) is 15.5. The van der Waals surface area contributed by atoms with Crippen LogP contribution in [-0.2, 0) is 41.4 Å². The summed E-state index contributed by atoms with van der Waals surface area (Å²) in [7, 11) is -2.32. The molecular weight excluding hydrogens is 598 g/mol. The average Bonchev–Trinajstić information content (AvgIpc) is 3.34. The van der Waals surface area contributed by atoms with Crippen LogP contribution in [0.15, 0.2) is 101 Å². The molecule has 2 heterocycles. The Morgan fingerprint density at radius 1 is 0.848 bits per heavy atom. The number of pyridine rings is 1. The predicted molar refractivity (Wildman–Crippen MR) is 182 cm³/mol. The van der Waals surface area contributed by atoms with Gasteiger partial charge in [-0.3, -0.25) is 9.29 Å². The van der Waals surface area contributed by atoms with Gasteiger partial charge in [0.05, 0.1) is 24.2 Å². The van der Waals surface area contributed by atoms with Gasteiger partial charge in [0, 0.05) is 18.5 Å². The van der Waals surface area contributed by atoms with E-state index < -0.39 is 10.0 Å². The van der Waals surface area contributed by atoms with Crippen molar-refractivity contribution in [1.29, 1.82) is 0 Å². The third-order valence-electron chi connectivity index (χ3n) is 7.93. The third-order valence-corrected chi connectivity index (χ3v) is 9.32. The van der Waals surface area contributed by atoms with Gasteiger partial charge >= 0.3 is 5.69 Å². The lowest BCUT2D eigenvalue weighted by Crippen LogP contribution is -2.25. The zero-order chi connectivity index (χ0) is 32.9. The Morgan fingerprint density at radius 2 is 1.52 bits per heavy atom. The third kappa shape index (κ3) is 7.56. The van der Waals surface area contributed by atoms with E-state index in [-0.39, 0.29) is 27.6 Å². The summed E-state index contributed by atoms with van der Waals surface area (Å²) in [4.78, 5) is 17.8. The first kappa shape index (κ1) is 32.7. The van der Waals surface area contributed by atoms with E-state index in [1.807, 2.05) is 19.1 Å². The molecule has 0 saturated heterocycles. The summed E-state index contributed by atoms with van der Waals surface area (Å²) in [5, 5.41) is 4.70. The number of aromatic nitrogens is 4. The molecule has 0 aliphatic heterocycles. The van der Waals surface area contributed by atoms with Gasteiger partial charge in [0.1, 0.15) is 11.5 Å². The Kier molecular flexibility index (Phi) is 9.76. The van der Waals surface area contributed by atoms with Gasteiger partial charge in [0.25, 0.3) is 10.0 Å². The number of nitrogens with one attached hydrogen (secondary N) is 1. The van der Waals surface area contributed by atoms with Gasteiger partial charge in [-0.05, 0) is 66.1 Å². The van der Waals surface area contributed by atoms with Crippen molar-refractivity contribution >= 4 is 15.7 Å². The molecule has 240 valence electrons. The number of rotatable bonds is 12. The quantitative estimate of drug-likeness (QED) is 0.168. The average molecular weight is 640 g/mol. The number of anilines is 1. The minimum Gasteiger partial charge on any atom is -0.479 e. The second kappa shape index (κ2) is 13.7. The summed E-state index contributed by atoms with van der Waals surface area (Å²) >= 11 is 0. The standard InChI is InChI=1S/C36H41N5O4S/c1-6-40-33(38-41(35(40)42)25-27-17-21-29(22-18-27)36(2,3)4)14-10-11-26-15-19-28(20-16-26)31-23-24-32(34(37-31)45-5)39-46(43,44)30-12-8-7-9-13-30/h7-9,12-13,15-24,39H,6,10-11,14,25H2,1-5H3. The van der Waals surface area contributed by atoms with E-state index in [4.69, 9.17) is 9.84 Å². The highest BCUT2D eigenvalue weighted by Gasteiger charge is 2.18. The molecule has 0 radical (unpaired) electrons. The summed E-state index contributed by atoms with van der Waals surface area (Å²) in [5.41, 5.74) is 5.28. The van der Waals surface area contributed by atoms with Crippen molar-refractivity contribution in [2.24, 2.45) is 0 Å². The normalized spacial score (nSPS) is 11.8. The van der Waals surface area contributed by atoms with Crippen molar-refractivity contribution in [1.82, 2.24) is 19.3 Å². The molecule has 2 aromatic heterocycles. The molecule has 0 amide bonds. The fraction of sp³-hybridized carbons (Fsp3) is 0.306. The second-order valence-electron chi connectivity index (χ2n) is 12.3. The largest absolute Gasteiger partial charge is 0.479 e. The van der Waals surface area contributed by atoms with Crippen molar-refractivity contribution in [3.8, 4) is 17.1 Å². The summed E-state index contributed by atoms with van der Waals surface area (Å²) < 4.78 is 36.9. The van der Waals surface area contributed by atoms with Gasteiger partial charge in [-0.1, -0.05) is 87.5 Å². The molecule has 0 bridgehead atoms.